The molecule has 29 heavy (non-hydrogen) atoms. The zero-order valence-electron chi connectivity index (χ0n) is 15.4. The van der Waals surface area contributed by atoms with Crippen LogP contribution in [0.4, 0.5) is 11.4 Å². The number of nitrogens with one attached hydrogen (secondary N) is 2. The van der Waals surface area contributed by atoms with Gasteiger partial charge >= 0.3 is 0 Å². The topological polar surface area (TPSA) is 82.0 Å². The van der Waals surface area contributed by atoms with Crippen molar-refractivity contribution >= 4 is 46.6 Å². The van der Waals surface area contributed by atoms with Crippen molar-refractivity contribution in [1.29, 1.82) is 5.26 Å². The second-order valence-electron chi connectivity index (χ2n) is 6.04. The van der Waals surface area contributed by atoms with Gasteiger partial charge in [-0.15, -0.1) is 0 Å². The molecule has 3 aromatic rings. The second kappa shape index (κ2) is 9.28. The maximum absolute atomic E-state index is 12.9. The van der Waals surface area contributed by atoms with Crippen molar-refractivity contribution in [2.24, 2.45) is 0 Å². The number of nitriles is 1. The van der Waals surface area contributed by atoms with E-state index in [-0.39, 0.29) is 11.8 Å². The van der Waals surface area contributed by atoms with Gasteiger partial charge in [0, 0.05) is 22.4 Å². The van der Waals surface area contributed by atoms with Gasteiger partial charge < -0.3 is 10.6 Å². The fourth-order valence-electron chi connectivity index (χ4n) is 2.60. The third-order valence-electron chi connectivity index (χ3n) is 3.89. The normalized spacial score (nSPS) is 10.1. The molecular formula is C22H16ClN3O2S. The maximum Gasteiger partial charge on any atom is 0.256 e. The number of anilines is 2. The minimum absolute atomic E-state index is 0.220. The minimum Gasteiger partial charge on any atom is -0.326 e. The van der Waals surface area contributed by atoms with E-state index in [1.54, 1.807) is 42.5 Å². The number of carbonyl (C=O) groups excluding carboxylic acids is 2. The van der Waals surface area contributed by atoms with Crippen molar-refractivity contribution in [3.63, 3.8) is 0 Å². The fraction of sp³-hybridized carbons (Fsp3) is 0.0455. The standard InChI is InChI=1S/C22H16ClN3O2S/c1-14(27)25-16-10-11-18(23)19(12-16)26-22(28)17-7-3-5-9-21(17)29-20-8-4-2-6-15(20)13-24/h2-12H,1H3,(H,25,27)(H,26,28). The van der Waals surface area contributed by atoms with Crippen LogP contribution in [0.15, 0.2) is 76.5 Å². The summed E-state index contributed by atoms with van der Waals surface area (Å²) in [6, 6.07) is 21.4. The number of hydrogen-bond donors (Lipinski definition) is 2. The molecule has 0 bridgehead atoms. The molecule has 0 aliphatic carbocycles. The van der Waals surface area contributed by atoms with Crippen molar-refractivity contribution in [2.45, 2.75) is 16.7 Å². The zero-order valence-corrected chi connectivity index (χ0v) is 17.0. The third kappa shape index (κ3) is 5.17. The lowest BCUT2D eigenvalue weighted by molar-refractivity contribution is -0.114. The Hall–Kier alpha value is -3.27. The van der Waals surface area contributed by atoms with Crippen molar-refractivity contribution < 1.29 is 9.59 Å². The summed E-state index contributed by atoms with van der Waals surface area (Å²) in [4.78, 5) is 25.7. The van der Waals surface area contributed by atoms with Gasteiger partial charge in [0.05, 0.1) is 21.8 Å². The summed E-state index contributed by atoms with van der Waals surface area (Å²) in [5.74, 6) is -0.563. The van der Waals surface area contributed by atoms with E-state index in [2.05, 4.69) is 16.7 Å². The Kier molecular flexibility index (Phi) is 6.55. The lowest BCUT2D eigenvalue weighted by Gasteiger charge is -2.12. The van der Waals surface area contributed by atoms with Crippen LogP contribution in [0, 0.1) is 11.3 Å². The highest BCUT2D eigenvalue weighted by Crippen LogP contribution is 2.33. The summed E-state index contributed by atoms with van der Waals surface area (Å²) >= 11 is 7.55. The summed E-state index contributed by atoms with van der Waals surface area (Å²) in [6.45, 7) is 1.40. The van der Waals surface area contributed by atoms with Gasteiger partial charge in [-0.3, -0.25) is 9.59 Å². The fourth-order valence-corrected chi connectivity index (χ4v) is 3.79. The monoisotopic (exact) mass is 421 g/mol. The van der Waals surface area contributed by atoms with Crippen LogP contribution in [-0.2, 0) is 4.79 Å². The number of nitrogens with zero attached hydrogens (tertiary/aromatic N) is 1. The van der Waals surface area contributed by atoms with E-state index in [0.717, 1.165) is 4.90 Å². The average Bonchev–Trinajstić information content (AvgIpc) is 2.71. The number of hydrogen-bond acceptors (Lipinski definition) is 4. The van der Waals surface area contributed by atoms with Crippen molar-refractivity contribution in [3.05, 3.63) is 82.9 Å². The van der Waals surface area contributed by atoms with Crippen molar-refractivity contribution in [2.75, 3.05) is 10.6 Å². The Morgan fingerprint density at radius 3 is 2.38 bits per heavy atom. The summed E-state index contributed by atoms with van der Waals surface area (Å²) in [7, 11) is 0. The quantitative estimate of drug-likeness (QED) is 0.563. The molecule has 0 aliphatic heterocycles. The van der Waals surface area contributed by atoms with Crippen molar-refractivity contribution in [3.8, 4) is 6.07 Å². The summed E-state index contributed by atoms with van der Waals surface area (Å²) in [6.07, 6.45) is 0. The maximum atomic E-state index is 12.9. The van der Waals surface area contributed by atoms with Gasteiger partial charge in [0.1, 0.15) is 6.07 Å². The van der Waals surface area contributed by atoms with E-state index in [1.165, 1.54) is 18.7 Å². The van der Waals surface area contributed by atoms with E-state index in [0.29, 0.717) is 32.4 Å². The van der Waals surface area contributed by atoms with E-state index < -0.39 is 0 Å². The van der Waals surface area contributed by atoms with E-state index in [1.807, 2.05) is 24.3 Å². The highest BCUT2D eigenvalue weighted by atomic mass is 35.5. The number of carbonyl (C=O) groups is 2. The molecule has 3 rings (SSSR count). The highest BCUT2D eigenvalue weighted by Gasteiger charge is 2.15. The van der Waals surface area contributed by atoms with Crippen LogP contribution >= 0.6 is 23.4 Å². The predicted molar refractivity (Wildman–Crippen MR) is 115 cm³/mol. The number of rotatable bonds is 5. The van der Waals surface area contributed by atoms with Gasteiger partial charge in [0.15, 0.2) is 0 Å². The molecule has 0 spiro atoms. The summed E-state index contributed by atoms with van der Waals surface area (Å²) < 4.78 is 0. The molecule has 2 amide bonds. The lowest BCUT2D eigenvalue weighted by Crippen LogP contribution is -2.14. The van der Waals surface area contributed by atoms with Crippen LogP contribution in [0.25, 0.3) is 0 Å². The molecule has 0 radical (unpaired) electrons. The second-order valence-corrected chi connectivity index (χ2v) is 7.53. The Bertz CT molecular complexity index is 1130. The summed E-state index contributed by atoms with van der Waals surface area (Å²) in [5.41, 5.74) is 1.91. The Morgan fingerprint density at radius 1 is 0.966 bits per heavy atom. The molecule has 0 heterocycles. The zero-order chi connectivity index (χ0) is 20.8. The molecule has 0 atom stereocenters. The van der Waals surface area contributed by atoms with Crippen LogP contribution in [0.2, 0.25) is 5.02 Å². The third-order valence-corrected chi connectivity index (χ3v) is 5.38. The van der Waals surface area contributed by atoms with Gasteiger partial charge in [0.25, 0.3) is 5.91 Å². The van der Waals surface area contributed by atoms with E-state index >= 15 is 0 Å². The first-order valence-corrected chi connectivity index (χ1v) is 9.82. The first-order chi connectivity index (χ1) is 14.0. The van der Waals surface area contributed by atoms with Crippen LogP contribution in [0.1, 0.15) is 22.8 Å². The van der Waals surface area contributed by atoms with Crippen molar-refractivity contribution in [1.82, 2.24) is 0 Å². The van der Waals surface area contributed by atoms with Crippen LogP contribution in [0.5, 0.6) is 0 Å². The van der Waals surface area contributed by atoms with Gasteiger partial charge in [-0.1, -0.05) is 47.6 Å². The minimum atomic E-state index is -0.343. The molecule has 144 valence electrons. The molecule has 0 saturated carbocycles. The van der Waals surface area contributed by atoms with E-state index in [9.17, 15) is 14.9 Å². The Balaban J connectivity index is 1.88. The first-order valence-electron chi connectivity index (χ1n) is 8.62. The molecular weight excluding hydrogens is 406 g/mol. The van der Waals surface area contributed by atoms with Gasteiger partial charge in [0.2, 0.25) is 5.91 Å². The van der Waals surface area contributed by atoms with Gasteiger partial charge in [-0.05, 0) is 42.5 Å². The molecule has 3 aromatic carbocycles. The molecule has 0 aromatic heterocycles. The lowest BCUT2D eigenvalue weighted by atomic mass is 10.2. The largest absolute Gasteiger partial charge is 0.326 e. The number of benzene rings is 3. The molecule has 0 fully saturated rings. The summed E-state index contributed by atoms with van der Waals surface area (Å²) in [5, 5.41) is 15.1. The predicted octanol–water partition coefficient (Wildman–Crippen LogP) is 5.57. The van der Waals surface area contributed by atoms with E-state index in [4.69, 9.17) is 11.6 Å². The van der Waals surface area contributed by atoms with Crippen LogP contribution in [-0.4, -0.2) is 11.8 Å². The highest BCUT2D eigenvalue weighted by molar-refractivity contribution is 7.99. The molecule has 0 saturated heterocycles. The smallest absolute Gasteiger partial charge is 0.256 e. The average molecular weight is 422 g/mol. The first kappa shape index (κ1) is 20.5. The van der Waals surface area contributed by atoms with Crippen LogP contribution in [0.3, 0.4) is 0 Å². The number of halogens is 1. The Labute approximate surface area is 177 Å². The van der Waals surface area contributed by atoms with Gasteiger partial charge in [-0.25, -0.2) is 0 Å². The van der Waals surface area contributed by atoms with Crippen LogP contribution < -0.4 is 10.6 Å². The number of amides is 2. The molecule has 7 heteroatoms. The Morgan fingerprint density at radius 2 is 1.66 bits per heavy atom. The molecule has 0 aliphatic rings. The van der Waals surface area contributed by atoms with Gasteiger partial charge in [-0.2, -0.15) is 5.26 Å². The molecule has 2 N–H and O–H groups in total. The molecule has 5 nitrogen and oxygen atoms in total. The molecule has 0 unspecified atom stereocenters. The SMILES string of the molecule is CC(=O)Nc1ccc(Cl)c(NC(=O)c2ccccc2Sc2ccccc2C#N)c1.